The summed E-state index contributed by atoms with van der Waals surface area (Å²) >= 11 is 0. The third-order valence-corrected chi connectivity index (χ3v) is 3.14. The first kappa shape index (κ1) is 14.3. The second kappa shape index (κ2) is 5.90. The Hall–Kier alpha value is -2.11. The van der Waals surface area contributed by atoms with Gasteiger partial charge in [-0.1, -0.05) is 13.8 Å². The molecule has 0 aliphatic carbocycles. The lowest BCUT2D eigenvalue weighted by molar-refractivity contribution is -0.200. The van der Waals surface area contributed by atoms with Crippen LogP contribution < -0.4 is 0 Å². The zero-order valence-electron chi connectivity index (χ0n) is 11.6. The Balaban J connectivity index is 2.11. The summed E-state index contributed by atoms with van der Waals surface area (Å²) in [5.74, 6) is -1.23. The molecule has 2 rings (SSSR count). The number of carbonyl (C=O) groups excluding carboxylic acids is 3. The second-order valence-corrected chi connectivity index (χ2v) is 5.27. The van der Waals surface area contributed by atoms with Crippen molar-refractivity contribution >= 4 is 17.8 Å². The number of imide groups is 1. The highest BCUT2D eigenvalue weighted by Gasteiger charge is 2.35. The molecule has 6 nitrogen and oxygen atoms in total. The van der Waals surface area contributed by atoms with E-state index in [0.717, 1.165) is 0 Å². The molecule has 2 amide bonds. The van der Waals surface area contributed by atoms with Crippen LogP contribution in [0.25, 0.3) is 0 Å². The zero-order valence-corrected chi connectivity index (χ0v) is 11.6. The molecule has 0 spiro atoms. The lowest BCUT2D eigenvalue weighted by atomic mass is 10.0. The number of nitrogens with zero attached hydrogens (tertiary/aromatic N) is 2. The Morgan fingerprint density at radius 2 is 1.75 bits per heavy atom. The minimum atomic E-state index is -0.585. The Bertz CT molecular complexity index is 491. The first-order valence-corrected chi connectivity index (χ1v) is 6.69. The van der Waals surface area contributed by atoms with Crippen molar-refractivity contribution in [1.82, 2.24) is 9.63 Å². The highest BCUT2D eigenvalue weighted by molar-refractivity contribution is 6.01. The van der Waals surface area contributed by atoms with Gasteiger partial charge in [0.1, 0.15) is 6.04 Å². The molecule has 0 aromatic carbocycles. The Kier molecular flexibility index (Phi) is 4.22. The van der Waals surface area contributed by atoms with Crippen molar-refractivity contribution in [3.63, 3.8) is 0 Å². The molecule has 6 heteroatoms. The molecule has 1 aliphatic heterocycles. The molecule has 0 N–H and O–H groups in total. The van der Waals surface area contributed by atoms with Crippen LogP contribution in [0.2, 0.25) is 0 Å². The van der Waals surface area contributed by atoms with E-state index in [4.69, 9.17) is 4.84 Å². The summed E-state index contributed by atoms with van der Waals surface area (Å²) in [6.07, 6.45) is 4.31. The van der Waals surface area contributed by atoms with Crippen molar-refractivity contribution in [1.29, 1.82) is 0 Å². The van der Waals surface area contributed by atoms with Gasteiger partial charge in [0.15, 0.2) is 0 Å². The van der Waals surface area contributed by atoms with Gasteiger partial charge >= 0.3 is 5.97 Å². The average Bonchev–Trinajstić information content (AvgIpc) is 3.01. The van der Waals surface area contributed by atoms with Gasteiger partial charge < -0.3 is 9.40 Å². The lowest BCUT2D eigenvalue weighted by Gasteiger charge is -2.21. The van der Waals surface area contributed by atoms with Crippen molar-refractivity contribution in [2.24, 2.45) is 5.92 Å². The molecule has 1 aliphatic rings. The maximum Gasteiger partial charge on any atom is 0.355 e. The summed E-state index contributed by atoms with van der Waals surface area (Å²) in [4.78, 5) is 40.2. The summed E-state index contributed by atoms with van der Waals surface area (Å²) in [5, 5.41) is 0.596. The number of amides is 2. The number of hydroxylamine groups is 2. The largest absolute Gasteiger partial charge is 0.355 e. The van der Waals surface area contributed by atoms with Crippen molar-refractivity contribution in [2.45, 2.75) is 39.2 Å². The van der Waals surface area contributed by atoms with Crippen molar-refractivity contribution in [3.8, 4) is 0 Å². The first-order valence-electron chi connectivity index (χ1n) is 6.69. The molecule has 1 aromatic heterocycles. The fraction of sp³-hybridized carbons (Fsp3) is 0.500. The smallest absolute Gasteiger partial charge is 0.340 e. The number of rotatable bonds is 5. The summed E-state index contributed by atoms with van der Waals surface area (Å²) in [5.41, 5.74) is 0. The topological polar surface area (TPSA) is 68.6 Å². The Morgan fingerprint density at radius 1 is 1.20 bits per heavy atom. The molecule has 1 aromatic rings. The molecule has 1 atom stereocenters. The van der Waals surface area contributed by atoms with E-state index in [2.05, 4.69) is 0 Å². The number of hydrogen-bond acceptors (Lipinski definition) is 4. The fourth-order valence-corrected chi connectivity index (χ4v) is 2.15. The van der Waals surface area contributed by atoms with Crippen LogP contribution in [0.3, 0.4) is 0 Å². The van der Waals surface area contributed by atoms with Crippen LogP contribution in [-0.2, 0) is 19.2 Å². The second-order valence-electron chi connectivity index (χ2n) is 5.27. The van der Waals surface area contributed by atoms with Crippen LogP contribution in [0.4, 0.5) is 0 Å². The molecule has 1 fully saturated rings. The average molecular weight is 278 g/mol. The fourth-order valence-electron chi connectivity index (χ4n) is 2.15. The minimum absolute atomic E-state index is 0.102. The molecular weight excluding hydrogens is 260 g/mol. The van der Waals surface area contributed by atoms with E-state index in [9.17, 15) is 14.4 Å². The number of carbonyl (C=O) groups is 3. The Labute approximate surface area is 117 Å². The predicted molar refractivity (Wildman–Crippen MR) is 70.1 cm³/mol. The van der Waals surface area contributed by atoms with Crippen LogP contribution in [0.5, 0.6) is 0 Å². The molecule has 2 heterocycles. The molecule has 20 heavy (non-hydrogen) atoms. The van der Waals surface area contributed by atoms with Gasteiger partial charge in [-0.15, -0.1) is 5.06 Å². The quantitative estimate of drug-likeness (QED) is 0.768. The van der Waals surface area contributed by atoms with Crippen LogP contribution in [0.1, 0.15) is 39.2 Å². The zero-order chi connectivity index (χ0) is 14.7. The highest BCUT2D eigenvalue weighted by Crippen LogP contribution is 2.22. The standard InChI is InChI=1S/C14H18N2O4/c1-10(2)9-11(15-7-3-4-8-15)14(19)20-16-12(17)5-6-13(16)18/h3-4,7-8,10-11H,5-6,9H2,1-2H3/t11-/m0/s1. The van der Waals surface area contributed by atoms with Gasteiger partial charge in [0.25, 0.3) is 11.8 Å². The molecule has 108 valence electrons. The predicted octanol–water partition coefficient (Wildman–Crippen LogP) is 1.68. The third kappa shape index (κ3) is 3.07. The minimum Gasteiger partial charge on any atom is -0.340 e. The van der Waals surface area contributed by atoms with E-state index in [1.807, 2.05) is 26.0 Å². The maximum absolute atomic E-state index is 12.2. The molecule has 0 radical (unpaired) electrons. The van der Waals surface area contributed by atoms with Crippen molar-refractivity contribution in [2.75, 3.05) is 0 Å². The maximum atomic E-state index is 12.2. The monoisotopic (exact) mass is 278 g/mol. The summed E-state index contributed by atoms with van der Waals surface area (Å²) in [7, 11) is 0. The van der Waals surface area contributed by atoms with Gasteiger partial charge in [0, 0.05) is 25.2 Å². The van der Waals surface area contributed by atoms with Gasteiger partial charge in [0.05, 0.1) is 0 Å². The van der Waals surface area contributed by atoms with Gasteiger partial charge in [-0.25, -0.2) is 4.79 Å². The van der Waals surface area contributed by atoms with Crippen LogP contribution in [0, 0.1) is 5.92 Å². The molecule has 0 bridgehead atoms. The van der Waals surface area contributed by atoms with E-state index in [-0.39, 0.29) is 18.8 Å². The van der Waals surface area contributed by atoms with Crippen molar-refractivity contribution in [3.05, 3.63) is 24.5 Å². The highest BCUT2D eigenvalue weighted by atomic mass is 16.7. The third-order valence-electron chi connectivity index (χ3n) is 3.14. The molecular formula is C14H18N2O4. The van der Waals surface area contributed by atoms with Crippen LogP contribution in [-0.4, -0.2) is 27.4 Å². The summed E-state index contributed by atoms with van der Waals surface area (Å²) < 4.78 is 1.73. The van der Waals surface area contributed by atoms with Gasteiger partial charge in [-0.05, 0) is 24.5 Å². The number of hydrogen-bond donors (Lipinski definition) is 0. The molecule has 0 saturated carbocycles. The SMILES string of the molecule is CC(C)C[C@@H](C(=O)ON1C(=O)CCC1=O)n1cccc1. The lowest BCUT2D eigenvalue weighted by Crippen LogP contribution is -2.35. The summed E-state index contributed by atoms with van der Waals surface area (Å²) in [6.45, 7) is 3.99. The van der Waals surface area contributed by atoms with E-state index < -0.39 is 23.8 Å². The first-order chi connectivity index (χ1) is 9.49. The van der Waals surface area contributed by atoms with Gasteiger partial charge in [-0.2, -0.15) is 0 Å². The van der Waals surface area contributed by atoms with Gasteiger partial charge in [-0.3, -0.25) is 9.59 Å². The Morgan fingerprint density at radius 3 is 2.25 bits per heavy atom. The van der Waals surface area contributed by atoms with Crippen LogP contribution in [0.15, 0.2) is 24.5 Å². The van der Waals surface area contributed by atoms with E-state index in [1.54, 1.807) is 17.0 Å². The summed E-state index contributed by atoms with van der Waals surface area (Å²) in [6, 6.07) is 3.09. The van der Waals surface area contributed by atoms with E-state index in [0.29, 0.717) is 11.5 Å². The van der Waals surface area contributed by atoms with E-state index >= 15 is 0 Å². The number of aromatic nitrogens is 1. The van der Waals surface area contributed by atoms with Crippen LogP contribution >= 0.6 is 0 Å². The molecule has 1 saturated heterocycles. The van der Waals surface area contributed by atoms with Gasteiger partial charge in [0.2, 0.25) is 0 Å². The normalized spacial score (nSPS) is 16.9. The van der Waals surface area contributed by atoms with Crippen molar-refractivity contribution < 1.29 is 19.2 Å². The molecule has 0 unspecified atom stereocenters. The van der Waals surface area contributed by atoms with E-state index in [1.165, 1.54) is 0 Å².